The Hall–Kier alpha value is -1.36. The molecule has 0 radical (unpaired) electrons. The Labute approximate surface area is 99.6 Å². The number of carbonyl (C=O) groups is 1. The van der Waals surface area contributed by atoms with Gasteiger partial charge in [0.15, 0.2) is 0 Å². The molecule has 0 bridgehead atoms. The molecule has 2 N–H and O–H groups in total. The molecular weight excluding hydrogens is 228 g/mol. The Morgan fingerprint density at radius 1 is 1.44 bits per heavy atom. The summed E-state index contributed by atoms with van der Waals surface area (Å²) in [6, 6.07) is 0. The van der Waals surface area contributed by atoms with Crippen molar-refractivity contribution >= 4 is 23.3 Å². The molecule has 5 nitrogen and oxygen atoms in total. The molecule has 0 aliphatic carbocycles. The predicted molar refractivity (Wildman–Crippen MR) is 63.6 cm³/mol. The zero-order chi connectivity index (χ0) is 12.0. The molecule has 0 unspecified atom stereocenters. The lowest BCUT2D eigenvalue weighted by Gasteiger charge is -2.09. The molecule has 88 valence electrons. The van der Waals surface area contributed by atoms with Crippen LogP contribution in [0.1, 0.15) is 19.4 Å². The Morgan fingerprint density at radius 2 is 2.19 bits per heavy atom. The summed E-state index contributed by atoms with van der Waals surface area (Å²) in [4.78, 5) is 19.2. The van der Waals surface area contributed by atoms with E-state index in [4.69, 9.17) is 11.6 Å². The number of hydrogen-bond donors (Lipinski definition) is 2. The molecule has 1 heterocycles. The summed E-state index contributed by atoms with van der Waals surface area (Å²) in [5.41, 5.74) is 0.827. The minimum atomic E-state index is -0.0701. The second kappa shape index (κ2) is 6.27. The summed E-state index contributed by atoms with van der Waals surface area (Å²) < 4.78 is 0. The van der Waals surface area contributed by atoms with E-state index < -0.39 is 0 Å². The highest BCUT2D eigenvalue weighted by molar-refractivity contribution is 6.30. The van der Waals surface area contributed by atoms with E-state index in [9.17, 15) is 4.79 Å². The molecule has 1 rings (SSSR count). The third-order valence-electron chi connectivity index (χ3n) is 2.04. The highest BCUT2D eigenvalue weighted by Gasteiger charge is 2.08. The van der Waals surface area contributed by atoms with Crippen LogP contribution in [0.15, 0.2) is 6.33 Å². The summed E-state index contributed by atoms with van der Waals surface area (Å²) >= 11 is 5.91. The predicted octanol–water partition coefficient (Wildman–Crippen LogP) is 1.24. The van der Waals surface area contributed by atoms with Gasteiger partial charge >= 0.3 is 0 Å². The Kier molecular flexibility index (Phi) is 4.98. The highest BCUT2D eigenvalue weighted by atomic mass is 35.5. The van der Waals surface area contributed by atoms with Crippen LogP contribution >= 0.6 is 11.6 Å². The molecule has 0 aliphatic rings. The number of anilines is 1. The van der Waals surface area contributed by atoms with Crippen LogP contribution in [0.2, 0.25) is 5.15 Å². The molecule has 0 aromatic carbocycles. The second-order valence-corrected chi connectivity index (χ2v) is 3.51. The summed E-state index contributed by atoms with van der Waals surface area (Å²) in [6.45, 7) is 4.64. The lowest BCUT2D eigenvalue weighted by Crippen LogP contribution is -2.29. The summed E-state index contributed by atoms with van der Waals surface area (Å²) in [5.74, 6) is 0.549. The van der Waals surface area contributed by atoms with Crippen LogP contribution in [0.4, 0.5) is 5.82 Å². The molecule has 1 aromatic rings. The number of rotatable bonds is 5. The molecule has 1 aromatic heterocycles. The normalized spacial score (nSPS) is 9.94. The number of halogens is 1. The number of likely N-dealkylation sites (N-methyl/N-ethyl adjacent to an activating group) is 1. The van der Waals surface area contributed by atoms with Crippen molar-refractivity contribution in [2.75, 3.05) is 18.4 Å². The minimum Gasteiger partial charge on any atom is -0.361 e. The molecule has 6 heteroatoms. The molecular formula is C10H15ClN4O. The molecule has 0 atom stereocenters. The first-order valence-electron chi connectivity index (χ1n) is 5.19. The monoisotopic (exact) mass is 242 g/mol. The lowest BCUT2D eigenvalue weighted by atomic mass is 10.2. The number of aromatic nitrogens is 2. The van der Waals surface area contributed by atoms with E-state index in [1.54, 1.807) is 0 Å². The number of amides is 1. The van der Waals surface area contributed by atoms with Gasteiger partial charge in [-0.1, -0.05) is 18.5 Å². The summed E-state index contributed by atoms with van der Waals surface area (Å²) in [6.07, 6.45) is 2.10. The van der Waals surface area contributed by atoms with E-state index in [1.165, 1.54) is 6.33 Å². The molecule has 0 saturated carbocycles. The molecule has 1 amide bonds. The van der Waals surface area contributed by atoms with Gasteiger partial charge in [0.2, 0.25) is 5.91 Å². The molecule has 16 heavy (non-hydrogen) atoms. The number of nitrogens with zero attached hydrogens (tertiary/aromatic N) is 2. The largest absolute Gasteiger partial charge is 0.361 e. The maximum Gasteiger partial charge on any atom is 0.239 e. The lowest BCUT2D eigenvalue weighted by molar-refractivity contribution is -0.119. The van der Waals surface area contributed by atoms with Crippen molar-refractivity contribution < 1.29 is 4.79 Å². The van der Waals surface area contributed by atoms with Crippen molar-refractivity contribution in [3.8, 4) is 0 Å². The van der Waals surface area contributed by atoms with Crippen molar-refractivity contribution in [3.63, 3.8) is 0 Å². The average Bonchev–Trinajstić information content (AvgIpc) is 2.27. The van der Waals surface area contributed by atoms with Crippen molar-refractivity contribution in [1.29, 1.82) is 0 Å². The second-order valence-electron chi connectivity index (χ2n) is 3.15. The number of hydrogen-bond acceptors (Lipinski definition) is 4. The first kappa shape index (κ1) is 12.7. The maximum atomic E-state index is 11.3. The van der Waals surface area contributed by atoms with Crippen LogP contribution in [-0.2, 0) is 11.2 Å². The third-order valence-corrected chi connectivity index (χ3v) is 2.36. The number of carbonyl (C=O) groups excluding carboxylic acids is 1. The van der Waals surface area contributed by atoms with Crippen LogP contribution < -0.4 is 10.6 Å². The zero-order valence-electron chi connectivity index (χ0n) is 9.38. The molecule has 0 spiro atoms. The van der Waals surface area contributed by atoms with E-state index in [0.29, 0.717) is 17.5 Å². The average molecular weight is 243 g/mol. The van der Waals surface area contributed by atoms with Gasteiger partial charge in [-0.05, 0) is 13.3 Å². The van der Waals surface area contributed by atoms with Crippen LogP contribution in [0.3, 0.4) is 0 Å². The van der Waals surface area contributed by atoms with Gasteiger partial charge in [0.05, 0.1) is 6.54 Å². The van der Waals surface area contributed by atoms with Gasteiger partial charge in [-0.2, -0.15) is 0 Å². The van der Waals surface area contributed by atoms with E-state index in [2.05, 4.69) is 20.6 Å². The maximum absolute atomic E-state index is 11.3. The zero-order valence-corrected chi connectivity index (χ0v) is 10.1. The van der Waals surface area contributed by atoms with Crippen LogP contribution in [0.5, 0.6) is 0 Å². The van der Waals surface area contributed by atoms with Crippen LogP contribution in [0.25, 0.3) is 0 Å². The van der Waals surface area contributed by atoms with Crippen molar-refractivity contribution in [3.05, 3.63) is 17.0 Å². The number of nitrogens with one attached hydrogen (secondary N) is 2. The van der Waals surface area contributed by atoms with Crippen LogP contribution in [0, 0.1) is 0 Å². The van der Waals surface area contributed by atoms with Crippen molar-refractivity contribution in [2.24, 2.45) is 0 Å². The van der Waals surface area contributed by atoms with E-state index in [0.717, 1.165) is 12.0 Å². The van der Waals surface area contributed by atoms with Gasteiger partial charge in [-0.25, -0.2) is 9.97 Å². The fourth-order valence-corrected chi connectivity index (χ4v) is 1.55. The Bertz CT molecular complexity index is 370. The van der Waals surface area contributed by atoms with Gasteiger partial charge in [0.25, 0.3) is 0 Å². The first-order chi connectivity index (χ1) is 7.69. The quantitative estimate of drug-likeness (QED) is 0.763. The topological polar surface area (TPSA) is 66.9 Å². The van der Waals surface area contributed by atoms with E-state index in [1.807, 2.05) is 13.8 Å². The standard InChI is InChI=1S/C10H15ClN4O/c1-3-7-9(11)14-6-15-10(7)13-5-8(16)12-4-2/h6H,3-5H2,1-2H3,(H,12,16)(H,13,14,15). The van der Waals surface area contributed by atoms with Crippen molar-refractivity contribution in [1.82, 2.24) is 15.3 Å². The van der Waals surface area contributed by atoms with Gasteiger partial charge in [-0.3, -0.25) is 4.79 Å². The summed E-state index contributed by atoms with van der Waals surface area (Å²) in [7, 11) is 0. The minimum absolute atomic E-state index is 0.0701. The van der Waals surface area contributed by atoms with Gasteiger partial charge < -0.3 is 10.6 Å². The molecule has 0 saturated heterocycles. The Balaban J connectivity index is 2.66. The van der Waals surface area contributed by atoms with E-state index in [-0.39, 0.29) is 12.5 Å². The van der Waals surface area contributed by atoms with Crippen molar-refractivity contribution in [2.45, 2.75) is 20.3 Å². The third kappa shape index (κ3) is 3.34. The Morgan fingerprint density at radius 3 is 2.81 bits per heavy atom. The van der Waals surface area contributed by atoms with Gasteiger partial charge in [-0.15, -0.1) is 0 Å². The fourth-order valence-electron chi connectivity index (χ4n) is 1.28. The SMILES string of the molecule is CCNC(=O)CNc1ncnc(Cl)c1CC. The highest BCUT2D eigenvalue weighted by Crippen LogP contribution is 2.19. The smallest absolute Gasteiger partial charge is 0.239 e. The van der Waals surface area contributed by atoms with Gasteiger partial charge in [0, 0.05) is 12.1 Å². The molecule has 0 fully saturated rings. The molecule has 0 aliphatic heterocycles. The fraction of sp³-hybridized carbons (Fsp3) is 0.500. The van der Waals surface area contributed by atoms with Gasteiger partial charge in [0.1, 0.15) is 17.3 Å². The van der Waals surface area contributed by atoms with Crippen LogP contribution in [-0.4, -0.2) is 29.0 Å². The van der Waals surface area contributed by atoms with E-state index >= 15 is 0 Å². The first-order valence-corrected chi connectivity index (χ1v) is 5.56. The summed E-state index contributed by atoms with van der Waals surface area (Å²) in [5, 5.41) is 6.06.